The van der Waals surface area contributed by atoms with Gasteiger partial charge in [0.1, 0.15) is 0 Å². The zero-order valence-corrected chi connectivity index (χ0v) is 22.1. The molecule has 0 spiro atoms. The molecular weight excluding hydrogens is 464 g/mol. The van der Waals surface area contributed by atoms with Crippen molar-refractivity contribution in [2.24, 2.45) is 0 Å². The largest absolute Gasteiger partial charge is 0.478 e. The molecule has 192 valence electrons. The molecule has 2 aromatic carbocycles. The summed E-state index contributed by atoms with van der Waals surface area (Å²) >= 11 is 0. The number of carboxylic acid groups (broad SMARTS) is 1. The third-order valence-electron chi connectivity index (χ3n) is 6.90. The van der Waals surface area contributed by atoms with Gasteiger partial charge in [-0.05, 0) is 80.6 Å². The van der Waals surface area contributed by atoms with Crippen LogP contribution in [0.15, 0.2) is 65.4 Å². The van der Waals surface area contributed by atoms with Gasteiger partial charge in [-0.25, -0.2) is 4.79 Å². The van der Waals surface area contributed by atoms with E-state index in [2.05, 4.69) is 36.7 Å². The Labute approximate surface area is 217 Å². The van der Waals surface area contributed by atoms with Crippen LogP contribution in [0.4, 0.5) is 0 Å². The van der Waals surface area contributed by atoms with Gasteiger partial charge in [0.2, 0.25) is 0 Å². The van der Waals surface area contributed by atoms with Crippen molar-refractivity contribution in [2.45, 2.75) is 59.9 Å². The Morgan fingerprint density at radius 3 is 2.54 bits per heavy atom. The minimum absolute atomic E-state index is 0.0651. The van der Waals surface area contributed by atoms with E-state index in [9.17, 15) is 19.5 Å². The van der Waals surface area contributed by atoms with E-state index in [0.717, 1.165) is 51.6 Å². The summed E-state index contributed by atoms with van der Waals surface area (Å²) < 4.78 is 2.13. The van der Waals surface area contributed by atoms with Gasteiger partial charge in [0.25, 0.3) is 5.91 Å². The first-order chi connectivity index (χ1) is 17.6. The minimum Gasteiger partial charge on any atom is -0.478 e. The maximum atomic E-state index is 13.7. The van der Waals surface area contributed by atoms with E-state index in [4.69, 9.17) is 0 Å². The normalized spacial score (nSPS) is 13.9. The van der Waals surface area contributed by atoms with Crippen LogP contribution >= 0.6 is 0 Å². The van der Waals surface area contributed by atoms with Gasteiger partial charge in [0, 0.05) is 47.2 Å². The maximum absolute atomic E-state index is 13.7. The van der Waals surface area contributed by atoms with Crippen LogP contribution < -0.4 is 5.32 Å². The molecule has 0 atom stereocenters. The Morgan fingerprint density at radius 1 is 1.11 bits per heavy atom. The van der Waals surface area contributed by atoms with E-state index < -0.39 is 5.97 Å². The second kappa shape index (κ2) is 10.6. The Bertz CT molecular complexity index is 1470. The minimum atomic E-state index is -1.00. The van der Waals surface area contributed by atoms with E-state index in [1.807, 2.05) is 38.2 Å². The van der Waals surface area contributed by atoms with Gasteiger partial charge in [-0.15, -0.1) is 0 Å². The van der Waals surface area contributed by atoms with Crippen LogP contribution in [0.3, 0.4) is 0 Å². The van der Waals surface area contributed by atoms with Crippen molar-refractivity contribution in [3.05, 3.63) is 82.1 Å². The number of nitrogens with zero attached hydrogens (tertiary/aromatic N) is 1. The Hall–Kier alpha value is -3.93. The molecule has 0 radical (unpaired) electrons. The van der Waals surface area contributed by atoms with E-state index in [-0.39, 0.29) is 29.8 Å². The summed E-state index contributed by atoms with van der Waals surface area (Å²) in [6, 6.07) is 10.7. The number of Topliss-reactive ketones (excluding diaryl/α,β-unsaturated/α-hetero) is 1. The van der Waals surface area contributed by atoms with Crippen molar-refractivity contribution in [1.29, 1.82) is 0 Å². The number of ketones is 1. The molecule has 0 aliphatic heterocycles. The lowest BCUT2D eigenvalue weighted by Crippen LogP contribution is -2.29. The zero-order chi connectivity index (χ0) is 26.9. The Morgan fingerprint density at radius 2 is 1.86 bits per heavy atom. The smallest absolute Gasteiger partial charge is 0.335 e. The predicted octanol–water partition coefficient (Wildman–Crippen LogP) is 6.64. The van der Waals surface area contributed by atoms with Gasteiger partial charge < -0.3 is 15.0 Å². The molecule has 37 heavy (non-hydrogen) atoms. The standard InChI is InChI=1S/C31H34N2O4/c1-6-8-22-11-19(4)12-28(34)26(22)16-32-30(35)25-14-24(21-9-7-10-23(13-21)31(36)37)15-27-29(25)20(5)17-33(27)18(2)3/h7,9-11,13-15,17-18H,6,8,12,16H2,1-5H3,(H,32,35)(H,36,37). The van der Waals surface area contributed by atoms with E-state index >= 15 is 0 Å². The number of carbonyl (C=O) groups is 3. The van der Waals surface area contributed by atoms with Gasteiger partial charge >= 0.3 is 5.97 Å². The van der Waals surface area contributed by atoms with Crippen molar-refractivity contribution in [3.63, 3.8) is 0 Å². The lowest BCUT2D eigenvalue weighted by molar-refractivity contribution is -0.115. The number of aromatic carboxylic acids is 1. The molecule has 0 fully saturated rings. The topological polar surface area (TPSA) is 88.4 Å². The summed E-state index contributed by atoms with van der Waals surface area (Å²) in [7, 11) is 0. The number of allylic oxidation sites excluding steroid dienone is 3. The zero-order valence-electron chi connectivity index (χ0n) is 22.1. The molecule has 1 aromatic heterocycles. The van der Waals surface area contributed by atoms with E-state index in [1.54, 1.807) is 18.2 Å². The van der Waals surface area contributed by atoms with E-state index in [0.29, 0.717) is 17.6 Å². The number of fused-ring (bicyclic) bond motifs is 1. The first-order valence-corrected chi connectivity index (χ1v) is 12.8. The van der Waals surface area contributed by atoms with E-state index in [1.165, 1.54) is 0 Å². The van der Waals surface area contributed by atoms with Crippen molar-refractivity contribution in [1.82, 2.24) is 9.88 Å². The van der Waals surface area contributed by atoms with Crippen molar-refractivity contribution < 1.29 is 19.5 Å². The summed E-state index contributed by atoms with van der Waals surface area (Å²) in [4.78, 5) is 38.0. The molecule has 0 saturated carbocycles. The first-order valence-electron chi connectivity index (χ1n) is 12.8. The third kappa shape index (κ3) is 5.29. The van der Waals surface area contributed by atoms with Crippen molar-refractivity contribution in [3.8, 4) is 11.1 Å². The van der Waals surface area contributed by atoms with Gasteiger partial charge in [-0.2, -0.15) is 0 Å². The maximum Gasteiger partial charge on any atom is 0.335 e. The molecule has 0 unspecified atom stereocenters. The molecule has 1 heterocycles. The summed E-state index contributed by atoms with van der Waals surface area (Å²) in [5.41, 5.74) is 6.81. The highest BCUT2D eigenvalue weighted by Crippen LogP contribution is 2.33. The number of hydrogen-bond acceptors (Lipinski definition) is 3. The van der Waals surface area contributed by atoms with Crippen molar-refractivity contribution >= 4 is 28.6 Å². The Balaban J connectivity index is 1.80. The average Bonchev–Trinajstić information content (AvgIpc) is 3.19. The van der Waals surface area contributed by atoms with Crippen LogP contribution in [-0.4, -0.2) is 33.9 Å². The summed E-state index contributed by atoms with van der Waals surface area (Å²) in [6.45, 7) is 10.4. The molecule has 1 aliphatic rings. The molecule has 6 nitrogen and oxygen atoms in total. The van der Waals surface area contributed by atoms with Crippen LogP contribution in [0.5, 0.6) is 0 Å². The number of aryl methyl sites for hydroxylation is 1. The molecule has 4 rings (SSSR count). The average molecular weight is 499 g/mol. The number of amides is 1. The summed E-state index contributed by atoms with van der Waals surface area (Å²) in [6.07, 6.45) is 6.22. The molecule has 3 aromatic rings. The number of aromatic nitrogens is 1. The van der Waals surface area contributed by atoms with Gasteiger partial charge in [-0.1, -0.05) is 37.1 Å². The summed E-state index contributed by atoms with van der Waals surface area (Å²) in [5, 5.41) is 13.4. The number of rotatable bonds is 8. The molecule has 0 saturated heterocycles. The second-order valence-electron chi connectivity index (χ2n) is 10.1. The monoisotopic (exact) mass is 498 g/mol. The lowest BCUT2D eigenvalue weighted by Gasteiger charge is -2.19. The molecular formula is C31H34N2O4. The quantitative estimate of drug-likeness (QED) is 0.364. The highest BCUT2D eigenvalue weighted by atomic mass is 16.4. The SMILES string of the molecule is CCCC1=C(CNC(=O)c2cc(-c3cccc(C(=O)O)c3)cc3c2c(C)cn3C(C)C)C(=O)CC(C)=C1. The lowest BCUT2D eigenvalue weighted by atomic mass is 9.89. The van der Waals surface area contributed by atoms with Gasteiger partial charge in [-0.3, -0.25) is 9.59 Å². The molecule has 6 heteroatoms. The van der Waals surface area contributed by atoms with Crippen LogP contribution in [-0.2, 0) is 4.79 Å². The fraction of sp³-hybridized carbons (Fsp3) is 0.323. The fourth-order valence-corrected chi connectivity index (χ4v) is 5.14. The van der Waals surface area contributed by atoms with Crippen LogP contribution in [0.2, 0.25) is 0 Å². The highest BCUT2D eigenvalue weighted by Gasteiger charge is 2.22. The number of hydrogen-bond donors (Lipinski definition) is 2. The van der Waals surface area contributed by atoms with Gasteiger partial charge in [0.15, 0.2) is 5.78 Å². The number of nitrogens with one attached hydrogen (secondary N) is 1. The molecule has 1 aliphatic carbocycles. The number of benzene rings is 2. The van der Waals surface area contributed by atoms with Crippen LogP contribution in [0.25, 0.3) is 22.0 Å². The predicted molar refractivity (Wildman–Crippen MR) is 147 cm³/mol. The number of carboxylic acids is 1. The second-order valence-corrected chi connectivity index (χ2v) is 10.1. The molecule has 2 N–H and O–H groups in total. The van der Waals surface area contributed by atoms with Gasteiger partial charge in [0.05, 0.1) is 5.56 Å². The van der Waals surface area contributed by atoms with Crippen LogP contribution in [0, 0.1) is 6.92 Å². The number of carbonyl (C=O) groups excluding carboxylic acids is 2. The van der Waals surface area contributed by atoms with Crippen LogP contribution in [0.1, 0.15) is 79.3 Å². The molecule has 0 bridgehead atoms. The summed E-state index contributed by atoms with van der Waals surface area (Å²) in [5.74, 6) is -1.19. The highest BCUT2D eigenvalue weighted by molar-refractivity contribution is 6.10. The van der Waals surface area contributed by atoms with Crippen molar-refractivity contribution in [2.75, 3.05) is 6.54 Å². The molecule has 1 amide bonds. The third-order valence-corrected chi connectivity index (χ3v) is 6.90. The first kappa shape index (κ1) is 26.1. The Kier molecular flexibility index (Phi) is 7.48. The fourth-order valence-electron chi connectivity index (χ4n) is 5.14.